The molecule has 0 aliphatic heterocycles. The van der Waals surface area contributed by atoms with Gasteiger partial charge in [-0.2, -0.15) is 0 Å². The number of nitrogens with one attached hydrogen (secondary N) is 1. The molecule has 0 bridgehead atoms. The zero-order valence-electron chi connectivity index (χ0n) is 14.5. The van der Waals surface area contributed by atoms with E-state index < -0.39 is 15.9 Å². The second-order valence-corrected chi connectivity index (χ2v) is 10.6. The number of halogens is 1. The van der Waals surface area contributed by atoms with Crippen molar-refractivity contribution < 1.29 is 9.35 Å². The molecule has 25 heavy (non-hydrogen) atoms. The zero-order chi connectivity index (χ0) is 18.2. The number of carbonyl (C=O) groups excluding carboxylic acids is 1. The van der Waals surface area contributed by atoms with Crippen LogP contribution in [0.15, 0.2) is 35.4 Å². The molecule has 1 N–H and O–H groups in total. The molecule has 3 rings (SSSR count). The lowest BCUT2D eigenvalue weighted by molar-refractivity contribution is -0.120. The topological polar surface area (TPSA) is 65.0 Å². The first-order valence-corrected chi connectivity index (χ1v) is 10.5. The lowest BCUT2D eigenvalue weighted by Crippen LogP contribution is -2.54. The van der Waals surface area contributed by atoms with Gasteiger partial charge in [-0.3, -0.25) is 10.1 Å². The number of carbonyl (C=O) groups is 1. The molecule has 7 heteroatoms. The Balaban J connectivity index is 1.79. The van der Waals surface area contributed by atoms with E-state index in [0.29, 0.717) is 27.9 Å². The van der Waals surface area contributed by atoms with Crippen molar-refractivity contribution in [3.63, 3.8) is 0 Å². The van der Waals surface area contributed by atoms with Gasteiger partial charge in [-0.25, -0.2) is 4.98 Å². The van der Waals surface area contributed by atoms with Gasteiger partial charge in [0.2, 0.25) is 4.75 Å². The number of hydrogen-bond acceptors (Lipinski definition) is 4. The molecule has 1 aliphatic rings. The van der Waals surface area contributed by atoms with Crippen LogP contribution in [-0.2, 0) is 21.4 Å². The van der Waals surface area contributed by atoms with Crippen LogP contribution in [0.2, 0.25) is 5.02 Å². The summed E-state index contributed by atoms with van der Waals surface area (Å²) in [7, 11) is 0. The monoisotopic (exact) mass is 396 g/mol. The molecular formula is C18H21ClN2O2S2. The van der Waals surface area contributed by atoms with E-state index in [9.17, 15) is 9.35 Å². The molecule has 1 amide bonds. The van der Waals surface area contributed by atoms with Crippen LogP contribution < -0.4 is 5.32 Å². The van der Waals surface area contributed by atoms with E-state index >= 15 is 0 Å². The second-order valence-electron chi connectivity index (χ2n) is 7.30. The normalized spacial score (nSPS) is 17.6. The van der Waals surface area contributed by atoms with E-state index in [1.807, 2.05) is 0 Å². The highest BCUT2D eigenvalue weighted by atomic mass is 35.5. The van der Waals surface area contributed by atoms with Gasteiger partial charge in [-0.15, -0.1) is 11.3 Å². The number of nitrogens with zero attached hydrogens (tertiary/aromatic N) is 1. The molecule has 4 nitrogen and oxygen atoms in total. The molecule has 0 saturated heterocycles. The number of thiazole rings is 1. The smallest absolute Gasteiger partial charge is 0.282 e. The van der Waals surface area contributed by atoms with Gasteiger partial charge in [-0.1, -0.05) is 32.4 Å². The van der Waals surface area contributed by atoms with Crippen molar-refractivity contribution in [2.24, 2.45) is 0 Å². The predicted octanol–water partition coefficient (Wildman–Crippen LogP) is 4.76. The van der Waals surface area contributed by atoms with Gasteiger partial charge in [-0.05, 0) is 36.1 Å². The first-order valence-electron chi connectivity index (χ1n) is 8.18. The maximum absolute atomic E-state index is 13.0. The standard InChI is InChI=1S/C18H21ClN2O2S2/c1-17(2,3)14-11-20-16(24-14)21-15(22)18(9-4-10-18)25(23)13-7-5-12(19)6-8-13/h5-8,11H,4,9-10H2,1-3H3,(H,20,21,22). The largest absolute Gasteiger partial charge is 0.611 e. The Morgan fingerprint density at radius 3 is 2.44 bits per heavy atom. The molecule has 1 aliphatic carbocycles. The van der Waals surface area contributed by atoms with Crippen LogP contribution in [0.1, 0.15) is 44.9 Å². The first-order chi connectivity index (χ1) is 11.7. The third kappa shape index (κ3) is 3.72. The van der Waals surface area contributed by atoms with Crippen LogP contribution in [-0.4, -0.2) is 20.2 Å². The van der Waals surface area contributed by atoms with Gasteiger partial charge in [0.05, 0.1) is 0 Å². The summed E-state index contributed by atoms with van der Waals surface area (Å²) in [5.74, 6) is -0.207. The van der Waals surface area contributed by atoms with Crippen molar-refractivity contribution in [3.05, 3.63) is 40.4 Å². The van der Waals surface area contributed by atoms with Crippen LogP contribution in [0.4, 0.5) is 5.13 Å². The third-order valence-corrected chi connectivity index (χ3v) is 8.02. The second kappa shape index (κ2) is 6.91. The van der Waals surface area contributed by atoms with E-state index in [4.69, 9.17) is 11.6 Å². The quantitative estimate of drug-likeness (QED) is 0.757. The fourth-order valence-corrected chi connectivity index (χ4v) is 5.38. The van der Waals surface area contributed by atoms with Crippen molar-refractivity contribution in [2.45, 2.75) is 55.1 Å². The fourth-order valence-electron chi connectivity index (χ4n) is 2.67. The average molecular weight is 397 g/mol. The van der Waals surface area contributed by atoms with Gasteiger partial charge < -0.3 is 4.55 Å². The van der Waals surface area contributed by atoms with Crippen LogP contribution >= 0.6 is 22.9 Å². The van der Waals surface area contributed by atoms with Crippen molar-refractivity contribution in [2.75, 3.05) is 5.32 Å². The van der Waals surface area contributed by atoms with E-state index in [-0.39, 0.29) is 11.3 Å². The number of rotatable bonds is 4. The van der Waals surface area contributed by atoms with Crippen molar-refractivity contribution in [3.8, 4) is 0 Å². The molecule has 1 fully saturated rings. The lowest BCUT2D eigenvalue weighted by Gasteiger charge is -2.39. The van der Waals surface area contributed by atoms with Crippen LogP contribution in [0.3, 0.4) is 0 Å². The highest BCUT2D eigenvalue weighted by Crippen LogP contribution is 2.44. The molecule has 2 aromatic rings. The molecule has 1 aromatic carbocycles. The third-order valence-electron chi connectivity index (χ3n) is 4.42. The molecule has 0 radical (unpaired) electrons. The van der Waals surface area contributed by atoms with Crippen molar-refractivity contribution in [1.82, 2.24) is 4.98 Å². The molecule has 134 valence electrons. The lowest BCUT2D eigenvalue weighted by atomic mass is 9.83. The van der Waals surface area contributed by atoms with E-state index in [1.165, 1.54) is 11.3 Å². The van der Waals surface area contributed by atoms with Crippen molar-refractivity contribution >= 4 is 45.2 Å². The van der Waals surface area contributed by atoms with Crippen LogP contribution in [0.25, 0.3) is 0 Å². The summed E-state index contributed by atoms with van der Waals surface area (Å²) in [5, 5.41) is 4.04. The Morgan fingerprint density at radius 2 is 1.96 bits per heavy atom. The summed E-state index contributed by atoms with van der Waals surface area (Å²) < 4.78 is 12.2. The van der Waals surface area contributed by atoms with E-state index in [2.05, 4.69) is 31.1 Å². The van der Waals surface area contributed by atoms with Crippen molar-refractivity contribution in [1.29, 1.82) is 0 Å². The molecule has 1 atom stereocenters. The van der Waals surface area contributed by atoms with E-state index in [0.717, 1.165) is 11.3 Å². The Kier molecular flexibility index (Phi) is 5.17. The highest BCUT2D eigenvalue weighted by Gasteiger charge is 2.55. The number of aromatic nitrogens is 1. The summed E-state index contributed by atoms with van der Waals surface area (Å²) in [4.78, 5) is 18.9. The Hall–Kier alpha value is -1.08. The number of amides is 1. The Labute approximate surface area is 160 Å². The summed E-state index contributed by atoms with van der Waals surface area (Å²) in [5.41, 5.74) is -0.0130. The summed E-state index contributed by atoms with van der Waals surface area (Å²) in [6.45, 7) is 6.32. The van der Waals surface area contributed by atoms with Gasteiger partial charge in [0.15, 0.2) is 10.0 Å². The minimum Gasteiger partial charge on any atom is -0.611 e. The Morgan fingerprint density at radius 1 is 1.32 bits per heavy atom. The molecule has 1 saturated carbocycles. The number of hydrogen-bond donors (Lipinski definition) is 1. The molecule has 1 unspecified atom stereocenters. The van der Waals surface area contributed by atoms with Gasteiger partial charge in [0.1, 0.15) is 0 Å². The van der Waals surface area contributed by atoms with Crippen LogP contribution in [0, 0.1) is 0 Å². The summed E-state index contributed by atoms with van der Waals surface area (Å²) >= 11 is 5.96. The highest BCUT2D eigenvalue weighted by molar-refractivity contribution is 7.93. The average Bonchev–Trinajstić information content (AvgIpc) is 2.95. The summed E-state index contributed by atoms with van der Waals surface area (Å²) in [6, 6.07) is 6.87. The Bertz CT molecular complexity index is 764. The molecule has 1 heterocycles. The molecule has 0 spiro atoms. The molecule has 1 aromatic heterocycles. The van der Waals surface area contributed by atoms with Crippen LogP contribution in [0.5, 0.6) is 0 Å². The van der Waals surface area contributed by atoms with Gasteiger partial charge in [0.25, 0.3) is 5.91 Å². The van der Waals surface area contributed by atoms with Gasteiger partial charge in [0, 0.05) is 40.1 Å². The minimum absolute atomic E-state index is 0.0130. The maximum atomic E-state index is 13.0. The first kappa shape index (κ1) is 18.7. The number of benzene rings is 1. The van der Waals surface area contributed by atoms with E-state index in [1.54, 1.807) is 30.5 Å². The SMILES string of the molecule is CC(C)(C)c1cnc(NC(=O)C2([S+]([O-])c3ccc(Cl)cc3)CCC2)s1. The minimum atomic E-state index is -1.42. The maximum Gasteiger partial charge on any atom is 0.282 e. The predicted molar refractivity (Wildman–Crippen MR) is 104 cm³/mol. The number of anilines is 1. The molecular weight excluding hydrogens is 376 g/mol. The summed E-state index contributed by atoms with van der Waals surface area (Å²) in [6.07, 6.45) is 3.93. The fraction of sp³-hybridized carbons (Fsp3) is 0.444. The zero-order valence-corrected chi connectivity index (χ0v) is 16.9. The van der Waals surface area contributed by atoms with Gasteiger partial charge >= 0.3 is 0 Å².